The van der Waals surface area contributed by atoms with E-state index in [2.05, 4.69) is 53.8 Å². The van der Waals surface area contributed by atoms with E-state index in [1.807, 2.05) is 29.7 Å². The highest BCUT2D eigenvalue weighted by Crippen LogP contribution is 2.20. The molecule has 104 valence electrons. The Morgan fingerprint density at radius 2 is 2.00 bits per heavy atom. The molecule has 0 fully saturated rings. The lowest BCUT2D eigenvalue weighted by atomic mass is 10.2. The van der Waals surface area contributed by atoms with Crippen LogP contribution in [0.25, 0.3) is 0 Å². The van der Waals surface area contributed by atoms with Gasteiger partial charge in [-0.15, -0.1) is 22.7 Å². The van der Waals surface area contributed by atoms with Gasteiger partial charge in [0.25, 0.3) is 0 Å². The summed E-state index contributed by atoms with van der Waals surface area (Å²) < 4.78 is 0. The van der Waals surface area contributed by atoms with Gasteiger partial charge in [0.1, 0.15) is 0 Å². The maximum Gasteiger partial charge on any atom is 0.0327 e. The van der Waals surface area contributed by atoms with Gasteiger partial charge in [0.2, 0.25) is 0 Å². The predicted octanol–water partition coefficient (Wildman–Crippen LogP) is 3.59. The van der Waals surface area contributed by atoms with Crippen LogP contribution in [0.2, 0.25) is 0 Å². The summed E-state index contributed by atoms with van der Waals surface area (Å²) in [7, 11) is 4.21. The highest BCUT2D eigenvalue weighted by atomic mass is 32.1. The number of likely N-dealkylation sites (N-methyl/N-ethyl adjacent to an activating group) is 1. The second-order valence-corrected chi connectivity index (χ2v) is 7.23. The lowest BCUT2D eigenvalue weighted by molar-refractivity contribution is 0.251. The molecule has 1 atom stereocenters. The van der Waals surface area contributed by atoms with E-state index < -0.39 is 0 Å². The van der Waals surface area contributed by atoms with Crippen molar-refractivity contribution < 1.29 is 0 Å². The van der Waals surface area contributed by atoms with Gasteiger partial charge in [0.05, 0.1) is 0 Å². The fraction of sp³-hybridized carbons (Fsp3) is 0.467. The Kier molecular flexibility index (Phi) is 5.58. The van der Waals surface area contributed by atoms with Gasteiger partial charge in [0, 0.05) is 33.8 Å². The first kappa shape index (κ1) is 14.7. The van der Waals surface area contributed by atoms with Crippen LogP contribution in [0, 0.1) is 0 Å². The summed E-state index contributed by atoms with van der Waals surface area (Å²) in [5.74, 6) is 0. The van der Waals surface area contributed by atoms with E-state index in [0.717, 1.165) is 19.5 Å². The smallest absolute Gasteiger partial charge is 0.0327 e. The maximum absolute atomic E-state index is 3.20. The summed E-state index contributed by atoms with van der Waals surface area (Å²) in [5, 5.41) is 5.36. The number of hydrogen-bond acceptors (Lipinski definition) is 4. The Labute approximate surface area is 124 Å². The van der Waals surface area contributed by atoms with Crippen LogP contribution in [0.5, 0.6) is 0 Å². The first-order valence-electron chi connectivity index (χ1n) is 6.64. The van der Waals surface area contributed by atoms with E-state index in [1.54, 1.807) is 0 Å². The fourth-order valence-corrected chi connectivity index (χ4v) is 3.97. The third-order valence-corrected chi connectivity index (χ3v) is 5.27. The van der Waals surface area contributed by atoms with Crippen molar-refractivity contribution in [3.63, 3.8) is 0 Å². The zero-order valence-electron chi connectivity index (χ0n) is 11.8. The molecule has 0 spiro atoms. The molecule has 0 aliphatic heterocycles. The van der Waals surface area contributed by atoms with Crippen molar-refractivity contribution in [3.8, 4) is 0 Å². The quantitative estimate of drug-likeness (QED) is 0.839. The van der Waals surface area contributed by atoms with Crippen molar-refractivity contribution in [2.45, 2.75) is 32.5 Å². The van der Waals surface area contributed by atoms with Crippen molar-refractivity contribution >= 4 is 22.7 Å². The summed E-state index contributed by atoms with van der Waals surface area (Å²) in [4.78, 5) is 6.78. The number of rotatable bonds is 7. The number of nitrogens with one attached hydrogen (secondary N) is 1. The average Bonchev–Trinajstić information content (AvgIpc) is 3.02. The van der Waals surface area contributed by atoms with Gasteiger partial charge in [-0.05, 0) is 51.0 Å². The second kappa shape index (κ2) is 7.20. The highest BCUT2D eigenvalue weighted by Gasteiger charge is 2.12. The molecular weight excluding hydrogens is 272 g/mol. The van der Waals surface area contributed by atoms with E-state index >= 15 is 0 Å². The Morgan fingerprint density at radius 1 is 1.21 bits per heavy atom. The molecule has 2 heterocycles. The summed E-state index contributed by atoms with van der Waals surface area (Å²) in [5.41, 5.74) is 0. The molecular formula is C15H22N2S2. The van der Waals surface area contributed by atoms with E-state index in [4.69, 9.17) is 0 Å². The van der Waals surface area contributed by atoms with Gasteiger partial charge < -0.3 is 5.32 Å². The highest BCUT2D eigenvalue weighted by molar-refractivity contribution is 7.12. The van der Waals surface area contributed by atoms with E-state index in [9.17, 15) is 0 Å². The van der Waals surface area contributed by atoms with E-state index in [1.165, 1.54) is 14.6 Å². The van der Waals surface area contributed by atoms with Crippen LogP contribution >= 0.6 is 22.7 Å². The van der Waals surface area contributed by atoms with Crippen LogP contribution in [0.15, 0.2) is 29.6 Å². The van der Waals surface area contributed by atoms with Crippen molar-refractivity contribution in [2.24, 2.45) is 0 Å². The zero-order chi connectivity index (χ0) is 13.7. The van der Waals surface area contributed by atoms with E-state index in [0.29, 0.717) is 6.04 Å². The van der Waals surface area contributed by atoms with Crippen LogP contribution in [0.4, 0.5) is 0 Å². The monoisotopic (exact) mass is 294 g/mol. The molecule has 0 saturated carbocycles. The molecule has 0 aliphatic rings. The summed E-state index contributed by atoms with van der Waals surface area (Å²) in [6.45, 7) is 4.32. The number of nitrogens with zero attached hydrogens (tertiary/aromatic N) is 1. The SMILES string of the molecule is CNCc1ccc(CN(C)C(C)Cc2cccs2)s1. The van der Waals surface area contributed by atoms with Crippen LogP contribution in [0.1, 0.15) is 21.6 Å². The van der Waals surface area contributed by atoms with Crippen LogP contribution in [0.3, 0.4) is 0 Å². The first-order valence-corrected chi connectivity index (χ1v) is 8.33. The predicted molar refractivity (Wildman–Crippen MR) is 86.0 cm³/mol. The molecule has 0 saturated heterocycles. The summed E-state index contributed by atoms with van der Waals surface area (Å²) in [6.07, 6.45) is 1.14. The van der Waals surface area contributed by atoms with Gasteiger partial charge >= 0.3 is 0 Å². The molecule has 1 unspecified atom stereocenters. The molecule has 2 aromatic heterocycles. The third kappa shape index (κ3) is 4.42. The second-order valence-electron chi connectivity index (χ2n) is 4.95. The topological polar surface area (TPSA) is 15.3 Å². The van der Waals surface area contributed by atoms with Crippen LogP contribution in [-0.2, 0) is 19.5 Å². The van der Waals surface area contributed by atoms with Crippen molar-refractivity contribution in [2.75, 3.05) is 14.1 Å². The molecule has 4 heteroatoms. The number of thiophene rings is 2. The van der Waals surface area contributed by atoms with Crippen LogP contribution in [-0.4, -0.2) is 25.0 Å². The molecule has 0 aliphatic carbocycles. The van der Waals surface area contributed by atoms with Gasteiger partial charge in [0.15, 0.2) is 0 Å². The molecule has 0 amide bonds. The summed E-state index contributed by atoms with van der Waals surface area (Å²) >= 11 is 3.76. The number of hydrogen-bond donors (Lipinski definition) is 1. The lowest BCUT2D eigenvalue weighted by Gasteiger charge is -2.23. The Bertz CT molecular complexity index is 476. The molecule has 0 aromatic carbocycles. The van der Waals surface area contributed by atoms with E-state index in [-0.39, 0.29) is 0 Å². The van der Waals surface area contributed by atoms with Crippen molar-refractivity contribution in [1.82, 2.24) is 10.2 Å². The fourth-order valence-electron chi connectivity index (χ4n) is 2.05. The minimum atomic E-state index is 0.577. The third-order valence-electron chi connectivity index (χ3n) is 3.30. The average molecular weight is 294 g/mol. The van der Waals surface area contributed by atoms with Gasteiger partial charge in [-0.3, -0.25) is 4.90 Å². The molecule has 19 heavy (non-hydrogen) atoms. The van der Waals surface area contributed by atoms with Gasteiger partial charge in [-0.2, -0.15) is 0 Å². The Morgan fingerprint density at radius 3 is 2.68 bits per heavy atom. The Balaban J connectivity index is 1.86. The normalized spacial score (nSPS) is 13.1. The minimum absolute atomic E-state index is 0.577. The lowest BCUT2D eigenvalue weighted by Crippen LogP contribution is -2.29. The first-order chi connectivity index (χ1) is 9.19. The summed E-state index contributed by atoms with van der Waals surface area (Å²) in [6, 6.07) is 9.43. The van der Waals surface area contributed by atoms with Crippen molar-refractivity contribution in [1.29, 1.82) is 0 Å². The van der Waals surface area contributed by atoms with Crippen molar-refractivity contribution in [3.05, 3.63) is 44.3 Å². The molecule has 1 N–H and O–H groups in total. The molecule has 2 rings (SSSR count). The minimum Gasteiger partial charge on any atom is -0.315 e. The standard InChI is InChI=1S/C15H22N2S2/c1-12(9-13-5-4-8-18-13)17(3)11-15-7-6-14(19-15)10-16-2/h4-8,12,16H,9-11H2,1-3H3. The molecule has 0 radical (unpaired) electrons. The largest absolute Gasteiger partial charge is 0.315 e. The van der Waals surface area contributed by atoms with Gasteiger partial charge in [-0.25, -0.2) is 0 Å². The molecule has 2 nitrogen and oxygen atoms in total. The Hall–Kier alpha value is -0.680. The van der Waals surface area contributed by atoms with Gasteiger partial charge in [-0.1, -0.05) is 6.07 Å². The molecule has 0 bridgehead atoms. The maximum atomic E-state index is 3.20. The zero-order valence-corrected chi connectivity index (χ0v) is 13.5. The van der Waals surface area contributed by atoms with Crippen LogP contribution < -0.4 is 5.32 Å². The molecule has 2 aromatic rings.